The molecule has 78 valence electrons. The van der Waals surface area contributed by atoms with Gasteiger partial charge in [-0.3, -0.25) is 0 Å². The average Bonchev–Trinajstić information content (AvgIpc) is 2.56. The van der Waals surface area contributed by atoms with Crippen molar-refractivity contribution in [3.8, 4) is 0 Å². The molecule has 3 N–H and O–H groups in total. The van der Waals surface area contributed by atoms with Crippen molar-refractivity contribution in [2.45, 2.75) is 6.54 Å². The molecule has 0 bridgehead atoms. The Morgan fingerprint density at radius 3 is 2.87 bits per heavy atom. The van der Waals surface area contributed by atoms with E-state index < -0.39 is 5.97 Å². The molecule has 0 amide bonds. The van der Waals surface area contributed by atoms with Crippen LogP contribution >= 0.6 is 0 Å². The standard InChI is InChI=1S/C11H12N2O2/c1-13-6-8(11(14)15)10-7(5-12)3-2-4-9(10)13/h2-4,6H,5,12H2,1H3,(H,14,15). The molecule has 0 unspecified atom stereocenters. The fourth-order valence-corrected chi connectivity index (χ4v) is 1.85. The van der Waals surface area contributed by atoms with Crippen LogP contribution < -0.4 is 5.73 Å². The molecule has 0 aliphatic carbocycles. The SMILES string of the molecule is Cn1cc(C(=O)O)c2c(CN)cccc21. The summed E-state index contributed by atoms with van der Waals surface area (Å²) < 4.78 is 1.80. The summed E-state index contributed by atoms with van der Waals surface area (Å²) in [6, 6.07) is 5.63. The van der Waals surface area contributed by atoms with Crippen molar-refractivity contribution < 1.29 is 9.90 Å². The van der Waals surface area contributed by atoms with Crippen LogP contribution in [0.4, 0.5) is 0 Å². The van der Waals surface area contributed by atoms with Crippen LogP contribution in [0.2, 0.25) is 0 Å². The van der Waals surface area contributed by atoms with Crippen molar-refractivity contribution in [2.24, 2.45) is 12.8 Å². The first-order chi connectivity index (χ1) is 7.15. The molecule has 0 saturated carbocycles. The van der Waals surface area contributed by atoms with Crippen LogP contribution in [0, 0.1) is 0 Å². The van der Waals surface area contributed by atoms with E-state index in [4.69, 9.17) is 10.8 Å². The highest BCUT2D eigenvalue weighted by Crippen LogP contribution is 2.24. The average molecular weight is 204 g/mol. The second-order valence-corrected chi connectivity index (χ2v) is 3.47. The number of aromatic nitrogens is 1. The highest BCUT2D eigenvalue weighted by molar-refractivity contribution is 6.04. The van der Waals surface area contributed by atoms with Gasteiger partial charge < -0.3 is 15.4 Å². The van der Waals surface area contributed by atoms with Gasteiger partial charge in [-0.1, -0.05) is 12.1 Å². The Kier molecular flexibility index (Phi) is 2.21. The van der Waals surface area contributed by atoms with E-state index in [1.165, 1.54) is 0 Å². The fourth-order valence-electron chi connectivity index (χ4n) is 1.85. The van der Waals surface area contributed by atoms with Crippen molar-refractivity contribution >= 4 is 16.9 Å². The highest BCUT2D eigenvalue weighted by atomic mass is 16.4. The van der Waals surface area contributed by atoms with E-state index in [1.807, 2.05) is 25.2 Å². The fraction of sp³-hybridized carbons (Fsp3) is 0.182. The van der Waals surface area contributed by atoms with Crippen LogP contribution in [0.3, 0.4) is 0 Å². The van der Waals surface area contributed by atoms with Gasteiger partial charge in [0, 0.05) is 30.7 Å². The molecular formula is C11H12N2O2. The minimum atomic E-state index is -0.915. The van der Waals surface area contributed by atoms with Crippen molar-refractivity contribution in [1.29, 1.82) is 0 Å². The summed E-state index contributed by atoms with van der Waals surface area (Å²) >= 11 is 0. The number of fused-ring (bicyclic) bond motifs is 1. The first-order valence-corrected chi connectivity index (χ1v) is 4.65. The zero-order valence-electron chi connectivity index (χ0n) is 8.40. The molecular weight excluding hydrogens is 192 g/mol. The molecule has 4 heteroatoms. The number of carboxylic acids is 1. The number of carboxylic acid groups (broad SMARTS) is 1. The smallest absolute Gasteiger partial charge is 0.337 e. The van der Waals surface area contributed by atoms with Gasteiger partial charge in [0.15, 0.2) is 0 Å². The molecule has 0 aliphatic heterocycles. The quantitative estimate of drug-likeness (QED) is 0.775. The maximum atomic E-state index is 11.0. The molecule has 0 radical (unpaired) electrons. The summed E-state index contributed by atoms with van der Waals surface area (Å²) in [5.41, 5.74) is 7.67. The van der Waals surface area contributed by atoms with E-state index in [9.17, 15) is 4.79 Å². The van der Waals surface area contributed by atoms with Crippen LogP contribution in [-0.4, -0.2) is 15.6 Å². The molecule has 2 rings (SSSR count). The van der Waals surface area contributed by atoms with E-state index >= 15 is 0 Å². The van der Waals surface area contributed by atoms with Gasteiger partial charge in [-0.05, 0) is 11.6 Å². The number of carbonyl (C=O) groups is 1. The predicted molar refractivity (Wildman–Crippen MR) is 57.8 cm³/mol. The lowest BCUT2D eigenvalue weighted by atomic mass is 10.1. The van der Waals surface area contributed by atoms with E-state index in [0.29, 0.717) is 12.1 Å². The summed E-state index contributed by atoms with van der Waals surface area (Å²) in [7, 11) is 1.83. The third-order valence-electron chi connectivity index (χ3n) is 2.55. The molecule has 0 fully saturated rings. The van der Waals surface area contributed by atoms with Gasteiger partial charge >= 0.3 is 5.97 Å². The Morgan fingerprint density at radius 1 is 1.53 bits per heavy atom. The second-order valence-electron chi connectivity index (χ2n) is 3.47. The zero-order chi connectivity index (χ0) is 11.0. The van der Waals surface area contributed by atoms with Gasteiger partial charge in [0.25, 0.3) is 0 Å². The van der Waals surface area contributed by atoms with Crippen LogP contribution in [0.25, 0.3) is 10.9 Å². The first kappa shape index (κ1) is 9.73. The lowest BCUT2D eigenvalue weighted by Gasteiger charge is -2.01. The lowest BCUT2D eigenvalue weighted by molar-refractivity contribution is 0.0699. The number of hydrogen-bond donors (Lipinski definition) is 2. The summed E-state index contributed by atoms with van der Waals surface area (Å²) in [4.78, 5) is 11.0. The van der Waals surface area contributed by atoms with Crippen molar-refractivity contribution in [3.05, 3.63) is 35.5 Å². The third kappa shape index (κ3) is 1.39. The number of aromatic carboxylic acids is 1. The Labute approximate surface area is 86.9 Å². The molecule has 1 aromatic carbocycles. The van der Waals surface area contributed by atoms with Crippen molar-refractivity contribution in [2.75, 3.05) is 0 Å². The van der Waals surface area contributed by atoms with Gasteiger partial charge in [0.1, 0.15) is 0 Å². The van der Waals surface area contributed by atoms with Gasteiger partial charge in [-0.25, -0.2) is 4.79 Å². The molecule has 0 saturated heterocycles. The van der Waals surface area contributed by atoms with Crippen molar-refractivity contribution in [3.63, 3.8) is 0 Å². The minimum Gasteiger partial charge on any atom is -0.478 e. The largest absolute Gasteiger partial charge is 0.478 e. The molecule has 0 aliphatic rings. The van der Waals surface area contributed by atoms with Crippen LogP contribution in [0.5, 0.6) is 0 Å². The summed E-state index contributed by atoms with van der Waals surface area (Å²) in [5, 5.41) is 9.81. The number of nitrogens with two attached hydrogens (primary N) is 1. The van der Waals surface area contributed by atoms with Gasteiger partial charge in [-0.2, -0.15) is 0 Å². The molecule has 1 aromatic heterocycles. The lowest BCUT2D eigenvalue weighted by Crippen LogP contribution is -2.00. The third-order valence-corrected chi connectivity index (χ3v) is 2.55. The van der Waals surface area contributed by atoms with E-state index in [2.05, 4.69) is 0 Å². The molecule has 0 atom stereocenters. The van der Waals surface area contributed by atoms with Crippen molar-refractivity contribution in [1.82, 2.24) is 4.57 Å². The molecule has 4 nitrogen and oxygen atoms in total. The maximum Gasteiger partial charge on any atom is 0.337 e. The van der Waals surface area contributed by atoms with Crippen LogP contribution in [0.1, 0.15) is 15.9 Å². The highest BCUT2D eigenvalue weighted by Gasteiger charge is 2.14. The predicted octanol–water partition coefficient (Wildman–Crippen LogP) is 1.34. The molecule has 1 heterocycles. The van der Waals surface area contributed by atoms with Gasteiger partial charge in [-0.15, -0.1) is 0 Å². The Hall–Kier alpha value is -1.81. The molecule has 2 aromatic rings. The zero-order valence-corrected chi connectivity index (χ0v) is 8.40. The summed E-state index contributed by atoms with van der Waals surface area (Å²) in [6.07, 6.45) is 1.62. The van der Waals surface area contributed by atoms with Gasteiger partial charge in [0.05, 0.1) is 5.56 Å². The number of rotatable bonds is 2. The normalized spacial score (nSPS) is 10.8. The Balaban J connectivity index is 2.88. The Morgan fingerprint density at radius 2 is 2.27 bits per heavy atom. The molecule has 0 spiro atoms. The topological polar surface area (TPSA) is 68.2 Å². The number of hydrogen-bond acceptors (Lipinski definition) is 2. The minimum absolute atomic E-state index is 0.313. The second kappa shape index (κ2) is 3.40. The van der Waals surface area contributed by atoms with E-state index in [0.717, 1.165) is 16.5 Å². The van der Waals surface area contributed by atoms with Gasteiger partial charge in [0.2, 0.25) is 0 Å². The summed E-state index contributed by atoms with van der Waals surface area (Å²) in [6.45, 7) is 0.349. The number of nitrogens with zero attached hydrogens (tertiary/aromatic N) is 1. The van der Waals surface area contributed by atoms with Crippen LogP contribution in [-0.2, 0) is 13.6 Å². The summed E-state index contributed by atoms with van der Waals surface area (Å²) in [5.74, 6) is -0.915. The van der Waals surface area contributed by atoms with Crippen LogP contribution in [0.15, 0.2) is 24.4 Å². The van der Waals surface area contributed by atoms with E-state index in [1.54, 1.807) is 10.8 Å². The number of benzene rings is 1. The number of aryl methyl sites for hydroxylation is 1. The Bertz CT molecular complexity index is 529. The first-order valence-electron chi connectivity index (χ1n) is 4.65. The monoisotopic (exact) mass is 204 g/mol. The maximum absolute atomic E-state index is 11.0. The molecule has 15 heavy (non-hydrogen) atoms. The van der Waals surface area contributed by atoms with E-state index in [-0.39, 0.29) is 0 Å².